The van der Waals surface area contributed by atoms with Crippen molar-refractivity contribution in [1.82, 2.24) is 0 Å². The number of alkyl halides is 9. The molecule has 0 N–H and O–H groups in total. The molecule has 1 fully saturated rings. The van der Waals surface area contributed by atoms with Crippen molar-refractivity contribution in [2.75, 3.05) is 18.1 Å². The fraction of sp³-hybridized carbons (Fsp3) is 0.500. The van der Waals surface area contributed by atoms with E-state index in [-0.39, 0.29) is 0 Å². The SMILES string of the molecule is CCCCOc1ccc([S+]2CCCC2)c2ccccc12.O=S(=O)([C-](S(=O)(=O)C(F)(F)F)S(=O)(=O)C(F)(F)F)C(F)(F)F. The fourth-order valence-electron chi connectivity index (χ4n) is 3.54. The Morgan fingerprint density at radius 1 is 0.714 bits per heavy atom. The Morgan fingerprint density at radius 3 is 1.55 bits per heavy atom. The van der Waals surface area contributed by atoms with Crippen molar-refractivity contribution >= 4 is 51.2 Å². The molecule has 42 heavy (non-hydrogen) atoms. The Morgan fingerprint density at radius 2 is 1.14 bits per heavy atom. The van der Waals surface area contributed by atoms with Gasteiger partial charge in [0.25, 0.3) is 0 Å². The molecule has 1 heterocycles. The zero-order valence-electron chi connectivity index (χ0n) is 21.3. The molecule has 0 amide bonds. The number of hydrogen-bond donors (Lipinski definition) is 0. The van der Waals surface area contributed by atoms with Crippen LogP contribution in [0.3, 0.4) is 0 Å². The van der Waals surface area contributed by atoms with Crippen LogP contribution in [0.1, 0.15) is 32.6 Å². The van der Waals surface area contributed by atoms with Crippen LogP contribution in [-0.2, 0) is 40.4 Å². The van der Waals surface area contributed by atoms with Crippen LogP contribution in [0.4, 0.5) is 39.5 Å². The van der Waals surface area contributed by atoms with Crippen LogP contribution in [0.5, 0.6) is 5.75 Å². The molecule has 1 aliphatic rings. The molecule has 20 heteroatoms. The average Bonchev–Trinajstić information content (AvgIpc) is 3.37. The maximum absolute atomic E-state index is 12.0. The Labute approximate surface area is 238 Å². The lowest BCUT2D eigenvalue weighted by atomic mass is 10.1. The maximum atomic E-state index is 12.0. The van der Waals surface area contributed by atoms with Gasteiger partial charge >= 0.3 is 16.5 Å². The van der Waals surface area contributed by atoms with E-state index in [1.165, 1.54) is 41.5 Å². The minimum atomic E-state index is -8.02. The summed E-state index contributed by atoms with van der Waals surface area (Å²) in [6.07, 6.45) is 5.10. The molecule has 0 unspecified atom stereocenters. The highest BCUT2D eigenvalue weighted by molar-refractivity contribution is 8.29. The van der Waals surface area contributed by atoms with Crippen LogP contribution in [0.2, 0.25) is 0 Å². The normalized spacial score (nSPS) is 16.0. The minimum absolute atomic E-state index is 0.464. The number of rotatable bonds is 8. The molecule has 2 aromatic carbocycles. The van der Waals surface area contributed by atoms with Crippen LogP contribution in [0.25, 0.3) is 10.8 Å². The van der Waals surface area contributed by atoms with Crippen LogP contribution in [0.15, 0.2) is 41.3 Å². The van der Waals surface area contributed by atoms with Gasteiger partial charge in [0.1, 0.15) is 17.3 Å². The third kappa shape index (κ3) is 7.58. The lowest BCUT2D eigenvalue weighted by molar-refractivity contribution is -0.0471. The van der Waals surface area contributed by atoms with Gasteiger partial charge in [-0.2, -0.15) is 39.5 Å². The second-order valence-electron chi connectivity index (χ2n) is 8.52. The molecule has 0 bridgehead atoms. The first-order valence-corrected chi connectivity index (χ1v) is 17.7. The van der Waals surface area contributed by atoms with Crippen molar-refractivity contribution in [2.24, 2.45) is 0 Å². The molecule has 2 aromatic rings. The summed E-state index contributed by atoms with van der Waals surface area (Å²) < 4.78 is 173. The van der Waals surface area contributed by atoms with Gasteiger partial charge in [0.2, 0.25) is 0 Å². The number of ether oxygens (including phenoxy) is 1. The summed E-state index contributed by atoms with van der Waals surface area (Å²) in [4.78, 5) is 1.56. The summed E-state index contributed by atoms with van der Waals surface area (Å²) in [5.74, 6) is 3.81. The molecule has 7 nitrogen and oxygen atoms in total. The summed E-state index contributed by atoms with van der Waals surface area (Å²) in [6, 6.07) is 13.3. The summed E-state index contributed by atoms with van der Waals surface area (Å²) in [5, 5.41) is 2.70. The Kier molecular flexibility index (Phi) is 11.2. The summed E-state index contributed by atoms with van der Waals surface area (Å²) >= 11 is 0. The van der Waals surface area contributed by atoms with Crippen molar-refractivity contribution in [1.29, 1.82) is 0 Å². The molecule has 0 aromatic heterocycles. The molecule has 0 aliphatic carbocycles. The van der Waals surface area contributed by atoms with E-state index in [4.69, 9.17) is 4.74 Å². The van der Waals surface area contributed by atoms with E-state index < -0.39 is 50.0 Å². The monoisotopic (exact) mass is 698 g/mol. The van der Waals surface area contributed by atoms with Crippen LogP contribution in [-0.4, -0.2) is 59.9 Å². The van der Waals surface area contributed by atoms with Crippen molar-refractivity contribution < 1.29 is 69.5 Å². The first-order chi connectivity index (χ1) is 19.0. The van der Waals surface area contributed by atoms with Gasteiger partial charge in [-0.25, -0.2) is 0 Å². The van der Waals surface area contributed by atoms with Crippen molar-refractivity contribution in [3.8, 4) is 5.75 Å². The van der Waals surface area contributed by atoms with Crippen LogP contribution < -0.4 is 4.74 Å². The Bertz CT molecular complexity index is 1460. The van der Waals surface area contributed by atoms with Gasteiger partial charge < -0.3 is 4.74 Å². The molecule has 1 saturated heterocycles. The number of unbranched alkanes of at least 4 members (excludes halogenated alkanes) is 1. The average molecular weight is 699 g/mol. The Balaban J connectivity index is 0.000000294. The lowest BCUT2D eigenvalue weighted by Gasteiger charge is -2.31. The third-order valence-electron chi connectivity index (χ3n) is 5.51. The second kappa shape index (κ2) is 13.0. The van der Waals surface area contributed by atoms with Crippen LogP contribution >= 0.6 is 0 Å². The van der Waals surface area contributed by atoms with Gasteiger partial charge in [-0.1, -0.05) is 31.5 Å². The topological polar surface area (TPSA) is 112 Å². The minimum Gasteiger partial charge on any atom is -0.493 e. The lowest BCUT2D eigenvalue weighted by Crippen LogP contribution is -2.47. The zero-order valence-corrected chi connectivity index (χ0v) is 24.6. The van der Waals surface area contributed by atoms with E-state index >= 15 is 0 Å². The number of sulfone groups is 3. The van der Waals surface area contributed by atoms with Gasteiger partial charge in [-0.3, -0.25) is 25.3 Å². The summed E-state index contributed by atoms with van der Waals surface area (Å²) in [6.45, 7) is 3.03. The molecular weight excluding hydrogens is 675 g/mol. The van der Waals surface area contributed by atoms with E-state index in [2.05, 4.69) is 43.3 Å². The highest BCUT2D eigenvalue weighted by atomic mass is 32.3. The van der Waals surface area contributed by atoms with Gasteiger partial charge in [0, 0.05) is 21.7 Å². The molecule has 0 saturated carbocycles. The third-order valence-corrected chi connectivity index (χ3v) is 15.1. The molecule has 0 radical (unpaired) electrons. The quantitative estimate of drug-likeness (QED) is 0.143. The number of fused-ring (bicyclic) bond motifs is 1. The van der Waals surface area contributed by atoms with E-state index in [9.17, 15) is 64.8 Å². The molecule has 240 valence electrons. The first kappa shape index (κ1) is 36.3. The zero-order chi connectivity index (χ0) is 32.4. The molecule has 3 rings (SSSR count). The van der Waals surface area contributed by atoms with Gasteiger partial charge in [0.05, 0.1) is 10.5 Å². The van der Waals surface area contributed by atoms with Crippen molar-refractivity contribution in [3.05, 3.63) is 40.3 Å². The van der Waals surface area contributed by atoms with E-state index in [0.717, 1.165) is 18.8 Å². The van der Waals surface area contributed by atoms with Crippen molar-refractivity contribution in [3.63, 3.8) is 0 Å². The van der Waals surface area contributed by atoms with Gasteiger partial charge in [-0.15, -0.1) is 0 Å². The molecule has 1 aliphatic heterocycles. The van der Waals surface area contributed by atoms with E-state index in [1.807, 2.05) is 0 Å². The van der Waals surface area contributed by atoms with Gasteiger partial charge in [0.15, 0.2) is 34.4 Å². The van der Waals surface area contributed by atoms with Crippen molar-refractivity contribution in [2.45, 2.75) is 54.0 Å². The highest BCUT2D eigenvalue weighted by Crippen LogP contribution is 2.47. The van der Waals surface area contributed by atoms with Crippen LogP contribution in [0, 0.1) is 3.91 Å². The second-order valence-corrected chi connectivity index (χ2v) is 17.2. The predicted molar refractivity (Wildman–Crippen MR) is 137 cm³/mol. The molecule has 0 atom stereocenters. The molecular formula is C22H23F9O7S4. The van der Waals surface area contributed by atoms with E-state index in [0.29, 0.717) is 10.9 Å². The summed E-state index contributed by atoms with van der Waals surface area (Å²) in [7, 11) is -23.6. The van der Waals surface area contributed by atoms with Gasteiger partial charge in [-0.05, 0) is 37.5 Å². The largest absolute Gasteiger partial charge is 0.493 e. The first-order valence-electron chi connectivity index (χ1n) is 11.6. The highest BCUT2D eigenvalue weighted by Gasteiger charge is 2.63. The number of hydrogen-bond acceptors (Lipinski definition) is 7. The number of halogens is 9. The smallest absolute Gasteiger partial charge is 0.470 e. The number of benzene rings is 2. The van der Waals surface area contributed by atoms with E-state index in [1.54, 1.807) is 4.90 Å². The standard InChI is InChI=1S/C18H23OS.C4F9O6S3/c1-2-3-12-19-17-10-11-18(20-13-6-7-14-20)16-9-5-4-8-15(16)17;5-2(6,7)20(14,15)1(21(16,17)3(8,9)10)22(18,19)4(11,12)13/h4-5,8-11H,2-3,6-7,12-14H2,1H3;/q+1;-1. The fourth-order valence-corrected chi connectivity index (χ4v) is 11.8. The maximum Gasteiger partial charge on any atom is 0.470 e. The Hall–Kier alpha value is -1.93. The molecule has 0 spiro atoms. The summed E-state index contributed by atoms with van der Waals surface area (Å²) in [5.41, 5.74) is -21.2. The predicted octanol–water partition coefficient (Wildman–Crippen LogP) is 6.03.